The van der Waals surface area contributed by atoms with E-state index < -0.39 is 0 Å². The monoisotopic (exact) mass is 359 g/mol. The number of piperidine rings is 1. The SMILES string of the molecule is CNCC1CCCN(C(=O)C2CCCN2C(=O)CC(C)(C)C)C1.Cl. The van der Waals surface area contributed by atoms with Crippen LogP contribution >= 0.6 is 12.4 Å². The Kier molecular flexibility index (Phi) is 8.00. The van der Waals surface area contributed by atoms with Gasteiger partial charge in [-0.3, -0.25) is 9.59 Å². The van der Waals surface area contributed by atoms with Gasteiger partial charge >= 0.3 is 0 Å². The molecule has 2 heterocycles. The first kappa shape index (κ1) is 21.2. The maximum absolute atomic E-state index is 12.9. The largest absolute Gasteiger partial charge is 0.341 e. The lowest BCUT2D eigenvalue weighted by Crippen LogP contribution is -2.51. The molecule has 0 aliphatic carbocycles. The van der Waals surface area contributed by atoms with Gasteiger partial charge in [0.25, 0.3) is 0 Å². The van der Waals surface area contributed by atoms with Gasteiger partial charge in [-0.25, -0.2) is 0 Å². The second-order valence-corrected chi connectivity index (χ2v) is 8.33. The van der Waals surface area contributed by atoms with Crippen molar-refractivity contribution in [2.24, 2.45) is 11.3 Å². The third-order valence-corrected chi connectivity index (χ3v) is 4.86. The molecule has 0 bridgehead atoms. The van der Waals surface area contributed by atoms with E-state index in [2.05, 4.69) is 26.1 Å². The Morgan fingerprint density at radius 2 is 1.79 bits per heavy atom. The molecule has 6 heteroatoms. The van der Waals surface area contributed by atoms with Gasteiger partial charge in [-0.05, 0) is 50.6 Å². The Labute approximate surface area is 152 Å². The first-order chi connectivity index (χ1) is 10.8. The fourth-order valence-electron chi connectivity index (χ4n) is 3.81. The van der Waals surface area contributed by atoms with E-state index in [1.807, 2.05) is 16.8 Å². The number of hydrogen-bond donors (Lipinski definition) is 1. The summed E-state index contributed by atoms with van der Waals surface area (Å²) >= 11 is 0. The molecule has 0 saturated carbocycles. The van der Waals surface area contributed by atoms with Crippen LogP contribution < -0.4 is 5.32 Å². The van der Waals surface area contributed by atoms with Crippen LogP contribution in [-0.4, -0.2) is 60.9 Å². The van der Waals surface area contributed by atoms with E-state index in [9.17, 15) is 9.59 Å². The average molecular weight is 360 g/mol. The van der Waals surface area contributed by atoms with E-state index >= 15 is 0 Å². The van der Waals surface area contributed by atoms with Crippen LogP contribution in [0.3, 0.4) is 0 Å². The van der Waals surface area contributed by atoms with Crippen LogP contribution in [0, 0.1) is 11.3 Å². The van der Waals surface area contributed by atoms with Crippen LogP contribution in [0.2, 0.25) is 0 Å². The number of likely N-dealkylation sites (tertiary alicyclic amines) is 2. The molecule has 2 atom stereocenters. The van der Waals surface area contributed by atoms with Crippen molar-refractivity contribution in [3.05, 3.63) is 0 Å². The summed E-state index contributed by atoms with van der Waals surface area (Å²) in [7, 11) is 1.96. The zero-order valence-electron chi connectivity index (χ0n) is 15.6. The second kappa shape index (κ2) is 9.04. The highest BCUT2D eigenvalue weighted by Crippen LogP contribution is 2.27. The third-order valence-electron chi connectivity index (χ3n) is 4.86. The highest BCUT2D eigenvalue weighted by molar-refractivity contribution is 5.88. The van der Waals surface area contributed by atoms with Gasteiger partial charge in [0, 0.05) is 26.1 Å². The Morgan fingerprint density at radius 1 is 1.12 bits per heavy atom. The minimum atomic E-state index is -0.224. The molecule has 2 saturated heterocycles. The molecule has 2 aliphatic rings. The maximum atomic E-state index is 12.9. The number of hydrogen-bond acceptors (Lipinski definition) is 3. The number of nitrogens with zero attached hydrogens (tertiary/aromatic N) is 2. The van der Waals surface area contributed by atoms with Crippen molar-refractivity contribution in [2.45, 2.75) is 58.9 Å². The standard InChI is InChI=1S/C18H33N3O2.ClH/c1-18(2,3)11-16(22)21-10-6-8-15(21)17(23)20-9-5-7-14(13-20)12-19-4;/h14-15,19H,5-13H2,1-4H3;1H. The van der Waals surface area contributed by atoms with Gasteiger partial charge in [0.15, 0.2) is 0 Å². The van der Waals surface area contributed by atoms with E-state index in [-0.39, 0.29) is 35.7 Å². The van der Waals surface area contributed by atoms with Gasteiger partial charge in [0.1, 0.15) is 6.04 Å². The average Bonchev–Trinajstić information content (AvgIpc) is 2.95. The normalized spacial score (nSPS) is 24.7. The predicted molar refractivity (Wildman–Crippen MR) is 99.3 cm³/mol. The van der Waals surface area contributed by atoms with E-state index in [4.69, 9.17) is 0 Å². The summed E-state index contributed by atoms with van der Waals surface area (Å²) in [5.74, 6) is 0.848. The van der Waals surface area contributed by atoms with Crippen LogP contribution in [0.4, 0.5) is 0 Å². The molecule has 2 amide bonds. The van der Waals surface area contributed by atoms with Crippen molar-refractivity contribution in [3.63, 3.8) is 0 Å². The molecule has 1 N–H and O–H groups in total. The Bertz CT molecular complexity index is 434. The fourth-order valence-corrected chi connectivity index (χ4v) is 3.81. The fraction of sp³-hybridized carbons (Fsp3) is 0.889. The summed E-state index contributed by atoms with van der Waals surface area (Å²) in [6, 6.07) is -0.224. The highest BCUT2D eigenvalue weighted by atomic mass is 35.5. The summed E-state index contributed by atoms with van der Waals surface area (Å²) in [4.78, 5) is 29.4. The van der Waals surface area contributed by atoms with E-state index in [0.29, 0.717) is 12.3 Å². The summed E-state index contributed by atoms with van der Waals surface area (Å²) < 4.78 is 0. The molecule has 2 unspecified atom stereocenters. The lowest BCUT2D eigenvalue weighted by Gasteiger charge is -2.36. The summed E-state index contributed by atoms with van der Waals surface area (Å²) in [6.45, 7) is 9.59. The molecular formula is C18H34ClN3O2. The summed E-state index contributed by atoms with van der Waals surface area (Å²) in [5.41, 5.74) is -0.0315. The minimum Gasteiger partial charge on any atom is -0.341 e. The zero-order valence-corrected chi connectivity index (χ0v) is 16.5. The topological polar surface area (TPSA) is 52.7 Å². The Morgan fingerprint density at radius 3 is 2.42 bits per heavy atom. The quantitative estimate of drug-likeness (QED) is 0.837. The van der Waals surface area contributed by atoms with Crippen molar-refractivity contribution >= 4 is 24.2 Å². The highest BCUT2D eigenvalue weighted by Gasteiger charge is 2.38. The van der Waals surface area contributed by atoms with Crippen LogP contribution in [0.25, 0.3) is 0 Å². The lowest BCUT2D eigenvalue weighted by atomic mass is 9.91. The van der Waals surface area contributed by atoms with Crippen molar-refractivity contribution in [1.29, 1.82) is 0 Å². The molecule has 0 radical (unpaired) electrons. The molecule has 140 valence electrons. The van der Waals surface area contributed by atoms with E-state index in [1.54, 1.807) is 0 Å². The first-order valence-electron chi connectivity index (χ1n) is 9.04. The third kappa shape index (κ3) is 5.62. The number of rotatable bonds is 4. The molecule has 0 aromatic carbocycles. The van der Waals surface area contributed by atoms with E-state index in [0.717, 1.165) is 45.4 Å². The summed E-state index contributed by atoms with van der Waals surface area (Å²) in [6.07, 6.45) is 4.53. The maximum Gasteiger partial charge on any atom is 0.245 e. The van der Waals surface area contributed by atoms with Crippen LogP contribution in [0.1, 0.15) is 52.9 Å². The molecule has 2 fully saturated rings. The number of halogens is 1. The number of carbonyl (C=O) groups excluding carboxylic acids is 2. The number of nitrogens with one attached hydrogen (secondary N) is 1. The van der Waals surface area contributed by atoms with Crippen LogP contribution in [0.5, 0.6) is 0 Å². The smallest absolute Gasteiger partial charge is 0.245 e. The van der Waals surface area contributed by atoms with Crippen LogP contribution in [0.15, 0.2) is 0 Å². The van der Waals surface area contributed by atoms with Gasteiger partial charge in [-0.2, -0.15) is 0 Å². The predicted octanol–water partition coefficient (Wildman–Crippen LogP) is 2.29. The van der Waals surface area contributed by atoms with Gasteiger partial charge < -0.3 is 15.1 Å². The Balaban J connectivity index is 0.00000288. The van der Waals surface area contributed by atoms with E-state index in [1.165, 1.54) is 6.42 Å². The summed E-state index contributed by atoms with van der Waals surface area (Å²) in [5, 5.41) is 3.22. The molecule has 0 aromatic heterocycles. The molecule has 24 heavy (non-hydrogen) atoms. The van der Waals surface area contributed by atoms with Gasteiger partial charge in [0.2, 0.25) is 11.8 Å². The molecule has 5 nitrogen and oxygen atoms in total. The number of carbonyl (C=O) groups is 2. The molecule has 2 rings (SSSR count). The van der Waals surface area contributed by atoms with Crippen molar-refractivity contribution in [2.75, 3.05) is 33.2 Å². The van der Waals surface area contributed by atoms with Crippen molar-refractivity contribution < 1.29 is 9.59 Å². The van der Waals surface area contributed by atoms with Crippen LogP contribution in [-0.2, 0) is 9.59 Å². The van der Waals surface area contributed by atoms with Gasteiger partial charge in [0.05, 0.1) is 0 Å². The van der Waals surface area contributed by atoms with Crippen molar-refractivity contribution in [1.82, 2.24) is 15.1 Å². The Hall–Kier alpha value is -0.810. The van der Waals surface area contributed by atoms with Gasteiger partial charge in [-0.15, -0.1) is 12.4 Å². The molecule has 0 aromatic rings. The van der Waals surface area contributed by atoms with Gasteiger partial charge in [-0.1, -0.05) is 20.8 Å². The lowest BCUT2D eigenvalue weighted by molar-refractivity contribution is -0.145. The molecular weight excluding hydrogens is 326 g/mol. The zero-order chi connectivity index (χ0) is 17.0. The second-order valence-electron chi connectivity index (χ2n) is 8.33. The molecule has 0 spiro atoms. The number of amides is 2. The minimum absolute atomic E-state index is 0. The first-order valence-corrected chi connectivity index (χ1v) is 9.04. The van der Waals surface area contributed by atoms with Crippen molar-refractivity contribution in [3.8, 4) is 0 Å². The molecule has 2 aliphatic heterocycles.